The van der Waals surface area contributed by atoms with Gasteiger partial charge in [0, 0.05) is 12.6 Å². The number of aromatic nitrogens is 1. The minimum absolute atomic E-state index is 0.0993. The summed E-state index contributed by atoms with van der Waals surface area (Å²) in [5, 5.41) is 0. The van der Waals surface area contributed by atoms with Gasteiger partial charge in [0.15, 0.2) is 0 Å². The van der Waals surface area contributed by atoms with Gasteiger partial charge < -0.3 is 9.64 Å². The fourth-order valence-corrected chi connectivity index (χ4v) is 2.57. The van der Waals surface area contributed by atoms with Gasteiger partial charge in [0.05, 0.1) is 19.3 Å². The molecular formula is C18H20N2O2. The van der Waals surface area contributed by atoms with Crippen molar-refractivity contribution in [3.8, 4) is 5.75 Å². The SMILES string of the molecule is O=C(CCCc1ccccc1)N1CC(Oc2cccnc2)C1. The maximum absolute atomic E-state index is 12.1. The van der Waals surface area contributed by atoms with Crippen LogP contribution in [-0.2, 0) is 11.2 Å². The number of rotatable bonds is 6. The lowest BCUT2D eigenvalue weighted by Gasteiger charge is -2.39. The first-order valence-electron chi connectivity index (χ1n) is 7.69. The number of ether oxygens (including phenoxy) is 1. The number of carbonyl (C=O) groups is 1. The number of hydrogen-bond acceptors (Lipinski definition) is 3. The van der Waals surface area contributed by atoms with Crippen LogP contribution in [0.4, 0.5) is 0 Å². The van der Waals surface area contributed by atoms with Crippen LogP contribution >= 0.6 is 0 Å². The normalized spacial score (nSPS) is 14.5. The molecule has 0 bridgehead atoms. The molecule has 2 heterocycles. The highest BCUT2D eigenvalue weighted by atomic mass is 16.5. The van der Waals surface area contributed by atoms with E-state index in [1.165, 1.54) is 5.56 Å². The minimum atomic E-state index is 0.0993. The maximum Gasteiger partial charge on any atom is 0.222 e. The van der Waals surface area contributed by atoms with Crippen molar-refractivity contribution in [1.29, 1.82) is 0 Å². The van der Waals surface area contributed by atoms with Gasteiger partial charge in [-0.3, -0.25) is 9.78 Å². The third-order valence-electron chi connectivity index (χ3n) is 3.84. The van der Waals surface area contributed by atoms with Gasteiger partial charge >= 0.3 is 0 Å². The van der Waals surface area contributed by atoms with E-state index in [1.807, 2.05) is 35.2 Å². The summed E-state index contributed by atoms with van der Waals surface area (Å²) in [5.74, 6) is 0.991. The van der Waals surface area contributed by atoms with E-state index in [9.17, 15) is 4.79 Å². The van der Waals surface area contributed by atoms with Gasteiger partial charge in [0.1, 0.15) is 11.9 Å². The Labute approximate surface area is 130 Å². The van der Waals surface area contributed by atoms with Gasteiger partial charge in [0.25, 0.3) is 0 Å². The summed E-state index contributed by atoms with van der Waals surface area (Å²) < 4.78 is 5.75. The number of pyridine rings is 1. The lowest BCUT2D eigenvalue weighted by molar-refractivity contribution is -0.140. The number of amides is 1. The van der Waals surface area contributed by atoms with Crippen molar-refractivity contribution in [3.63, 3.8) is 0 Å². The highest BCUT2D eigenvalue weighted by Crippen LogP contribution is 2.18. The fourth-order valence-electron chi connectivity index (χ4n) is 2.57. The molecule has 4 nitrogen and oxygen atoms in total. The number of aryl methyl sites for hydroxylation is 1. The van der Waals surface area contributed by atoms with Crippen LogP contribution in [0, 0.1) is 0 Å². The smallest absolute Gasteiger partial charge is 0.222 e. The van der Waals surface area contributed by atoms with Crippen LogP contribution in [0.5, 0.6) is 5.75 Å². The molecule has 1 aromatic carbocycles. The van der Waals surface area contributed by atoms with Crippen molar-refractivity contribution >= 4 is 5.91 Å². The molecule has 1 fully saturated rings. The number of likely N-dealkylation sites (tertiary alicyclic amines) is 1. The van der Waals surface area contributed by atoms with E-state index in [0.29, 0.717) is 19.5 Å². The first kappa shape index (κ1) is 14.6. The second-order valence-electron chi connectivity index (χ2n) is 5.57. The quantitative estimate of drug-likeness (QED) is 0.823. The predicted molar refractivity (Wildman–Crippen MR) is 84.6 cm³/mol. The van der Waals surface area contributed by atoms with Crippen LogP contribution in [0.3, 0.4) is 0 Å². The Hall–Kier alpha value is -2.36. The Morgan fingerprint density at radius 1 is 1.18 bits per heavy atom. The van der Waals surface area contributed by atoms with Crippen LogP contribution in [-0.4, -0.2) is 35.0 Å². The standard InChI is InChI=1S/C18H20N2O2/c21-18(10-4-8-15-6-2-1-3-7-15)20-13-17(14-20)22-16-9-5-11-19-12-16/h1-3,5-7,9,11-12,17H,4,8,10,13-14H2. The van der Waals surface area contributed by atoms with E-state index in [2.05, 4.69) is 17.1 Å². The lowest BCUT2D eigenvalue weighted by atomic mass is 10.1. The van der Waals surface area contributed by atoms with Crippen LogP contribution in [0.15, 0.2) is 54.9 Å². The van der Waals surface area contributed by atoms with Crippen LogP contribution in [0.2, 0.25) is 0 Å². The van der Waals surface area contributed by atoms with Crippen molar-refractivity contribution in [3.05, 3.63) is 60.4 Å². The Balaban J connectivity index is 1.35. The zero-order valence-corrected chi connectivity index (χ0v) is 12.5. The zero-order chi connectivity index (χ0) is 15.2. The molecule has 1 saturated heterocycles. The minimum Gasteiger partial charge on any atom is -0.485 e. The molecule has 1 aliphatic heterocycles. The molecule has 2 aromatic rings. The van der Waals surface area contributed by atoms with Gasteiger partial charge in [-0.25, -0.2) is 0 Å². The van der Waals surface area contributed by atoms with E-state index in [-0.39, 0.29) is 12.0 Å². The third kappa shape index (κ3) is 3.85. The summed E-state index contributed by atoms with van der Waals surface area (Å²) in [6, 6.07) is 14.0. The molecule has 0 unspecified atom stereocenters. The Morgan fingerprint density at radius 3 is 2.73 bits per heavy atom. The Bertz CT molecular complexity index is 595. The highest BCUT2D eigenvalue weighted by molar-refractivity contribution is 5.77. The van der Waals surface area contributed by atoms with Crippen LogP contribution in [0.1, 0.15) is 18.4 Å². The van der Waals surface area contributed by atoms with E-state index < -0.39 is 0 Å². The molecule has 0 radical (unpaired) electrons. The first-order valence-corrected chi connectivity index (χ1v) is 7.69. The molecule has 1 amide bonds. The molecule has 3 rings (SSSR count). The fraction of sp³-hybridized carbons (Fsp3) is 0.333. The van der Waals surface area contributed by atoms with Crippen molar-refractivity contribution < 1.29 is 9.53 Å². The van der Waals surface area contributed by atoms with Crippen LogP contribution < -0.4 is 4.74 Å². The second-order valence-corrected chi connectivity index (χ2v) is 5.57. The molecule has 1 aliphatic rings. The number of carbonyl (C=O) groups excluding carboxylic acids is 1. The van der Waals surface area contributed by atoms with Gasteiger partial charge in [-0.2, -0.15) is 0 Å². The van der Waals surface area contributed by atoms with Gasteiger partial charge in [-0.05, 0) is 30.5 Å². The van der Waals surface area contributed by atoms with Crippen molar-refractivity contribution in [2.24, 2.45) is 0 Å². The van der Waals surface area contributed by atoms with Crippen LogP contribution in [0.25, 0.3) is 0 Å². The molecule has 114 valence electrons. The molecular weight excluding hydrogens is 276 g/mol. The molecule has 4 heteroatoms. The maximum atomic E-state index is 12.1. The summed E-state index contributed by atoms with van der Waals surface area (Å²) in [4.78, 5) is 18.0. The van der Waals surface area contributed by atoms with Crippen molar-refractivity contribution in [2.75, 3.05) is 13.1 Å². The average molecular weight is 296 g/mol. The topological polar surface area (TPSA) is 42.4 Å². The molecule has 1 aromatic heterocycles. The van der Waals surface area contributed by atoms with E-state index in [1.54, 1.807) is 12.4 Å². The van der Waals surface area contributed by atoms with Gasteiger partial charge in [-0.15, -0.1) is 0 Å². The van der Waals surface area contributed by atoms with Crippen molar-refractivity contribution in [1.82, 2.24) is 9.88 Å². The largest absolute Gasteiger partial charge is 0.485 e. The molecule has 0 atom stereocenters. The lowest BCUT2D eigenvalue weighted by Crippen LogP contribution is -2.56. The first-order chi connectivity index (χ1) is 10.8. The van der Waals surface area contributed by atoms with E-state index in [4.69, 9.17) is 4.74 Å². The number of benzene rings is 1. The molecule has 0 spiro atoms. The summed E-state index contributed by atoms with van der Waals surface area (Å²) >= 11 is 0. The van der Waals surface area contributed by atoms with Gasteiger partial charge in [-0.1, -0.05) is 30.3 Å². The summed E-state index contributed by atoms with van der Waals surface area (Å²) in [7, 11) is 0. The molecule has 0 aliphatic carbocycles. The summed E-state index contributed by atoms with van der Waals surface area (Å²) in [6.07, 6.45) is 5.97. The zero-order valence-electron chi connectivity index (χ0n) is 12.5. The predicted octanol–water partition coefficient (Wildman–Crippen LogP) is 2.69. The number of hydrogen-bond donors (Lipinski definition) is 0. The Morgan fingerprint density at radius 2 is 2.00 bits per heavy atom. The van der Waals surface area contributed by atoms with E-state index >= 15 is 0 Å². The summed E-state index contributed by atoms with van der Waals surface area (Å²) in [5.41, 5.74) is 1.29. The highest BCUT2D eigenvalue weighted by Gasteiger charge is 2.31. The third-order valence-corrected chi connectivity index (χ3v) is 3.84. The Kier molecular flexibility index (Phi) is 4.68. The molecule has 22 heavy (non-hydrogen) atoms. The number of nitrogens with zero attached hydrogens (tertiary/aromatic N) is 2. The van der Waals surface area contributed by atoms with Crippen molar-refractivity contribution in [2.45, 2.75) is 25.4 Å². The molecule has 0 N–H and O–H groups in total. The monoisotopic (exact) mass is 296 g/mol. The van der Waals surface area contributed by atoms with E-state index in [0.717, 1.165) is 18.6 Å². The second kappa shape index (κ2) is 7.07. The van der Waals surface area contributed by atoms with Gasteiger partial charge in [0.2, 0.25) is 5.91 Å². The average Bonchev–Trinajstić information content (AvgIpc) is 2.52. The molecule has 0 saturated carbocycles. The summed E-state index contributed by atoms with van der Waals surface area (Å²) in [6.45, 7) is 1.36.